The maximum atomic E-state index is 11.4. The second kappa shape index (κ2) is 4.44. The number of rotatable bonds is 3. The molecular weight excluding hydrogens is 200 g/mol. The number of allylic oxidation sites excluding steroid dienone is 1. The summed E-state index contributed by atoms with van der Waals surface area (Å²) in [6.45, 7) is 0. The molecule has 0 aromatic carbocycles. The van der Waals surface area contributed by atoms with Crippen LogP contribution in [-0.4, -0.2) is 36.9 Å². The van der Waals surface area contributed by atoms with Crippen molar-refractivity contribution in [2.45, 2.75) is 18.4 Å². The zero-order valence-electron chi connectivity index (χ0n) is 8.73. The third-order valence-electron chi connectivity index (χ3n) is 2.54. The van der Waals surface area contributed by atoms with E-state index >= 15 is 0 Å². The number of hydrogen-bond acceptors (Lipinski definition) is 5. The Morgan fingerprint density at radius 1 is 1.33 bits per heavy atom. The van der Waals surface area contributed by atoms with Crippen LogP contribution < -0.4 is 0 Å². The van der Waals surface area contributed by atoms with Crippen LogP contribution in [-0.2, 0) is 19.1 Å². The second-order valence-corrected chi connectivity index (χ2v) is 3.36. The summed E-state index contributed by atoms with van der Waals surface area (Å²) in [5.74, 6) is -2.53. The third kappa shape index (κ3) is 1.87. The molecule has 0 bridgehead atoms. The average molecular weight is 214 g/mol. The lowest BCUT2D eigenvalue weighted by Crippen LogP contribution is -2.53. The molecule has 1 rings (SSSR count). The molecule has 1 unspecified atom stereocenters. The molecule has 5 heteroatoms. The number of carbonyl (C=O) groups excluding carboxylic acids is 2. The first-order valence-electron chi connectivity index (χ1n) is 4.63. The highest BCUT2D eigenvalue weighted by molar-refractivity contribution is 6.04. The molecule has 15 heavy (non-hydrogen) atoms. The van der Waals surface area contributed by atoms with Crippen LogP contribution in [0.4, 0.5) is 0 Å². The van der Waals surface area contributed by atoms with Crippen molar-refractivity contribution in [2.24, 2.45) is 5.92 Å². The van der Waals surface area contributed by atoms with E-state index in [1.807, 2.05) is 6.08 Å². The van der Waals surface area contributed by atoms with E-state index in [4.69, 9.17) is 0 Å². The van der Waals surface area contributed by atoms with Crippen molar-refractivity contribution >= 4 is 11.9 Å². The van der Waals surface area contributed by atoms with E-state index in [1.165, 1.54) is 0 Å². The number of hydrogen-bond donors (Lipinski definition) is 1. The Kier molecular flexibility index (Phi) is 3.47. The first-order chi connectivity index (χ1) is 7.07. The van der Waals surface area contributed by atoms with Gasteiger partial charge in [-0.1, -0.05) is 12.2 Å². The molecule has 0 aliphatic heterocycles. The Hall–Kier alpha value is -1.36. The predicted molar refractivity (Wildman–Crippen MR) is 50.8 cm³/mol. The lowest BCUT2D eigenvalue weighted by molar-refractivity contribution is -0.185. The lowest BCUT2D eigenvalue weighted by Gasteiger charge is -2.27. The van der Waals surface area contributed by atoms with Gasteiger partial charge in [0.1, 0.15) is 0 Å². The van der Waals surface area contributed by atoms with Gasteiger partial charge < -0.3 is 14.6 Å². The zero-order valence-corrected chi connectivity index (χ0v) is 8.73. The molecule has 0 fully saturated rings. The van der Waals surface area contributed by atoms with Crippen LogP contribution >= 0.6 is 0 Å². The summed E-state index contributed by atoms with van der Waals surface area (Å²) in [5, 5.41) is 10.0. The van der Waals surface area contributed by atoms with E-state index in [1.54, 1.807) is 6.08 Å². The number of aliphatic hydroxyl groups is 1. The third-order valence-corrected chi connectivity index (χ3v) is 2.54. The molecule has 0 aromatic rings. The van der Waals surface area contributed by atoms with Crippen LogP contribution in [0.1, 0.15) is 12.8 Å². The van der Waals surface area contributed by atoms with Gasteiger partial charge in [-0.05, 0) is 12.8 Å². The lowest BCUT2D eigenvalue weighted by atomic mass is 9.87. The molecule has 0 spiro atoms. The number of esters is 2. The van der Waals surface area contributed by atoms with Gasteiger partial charge in [0, 0.05) is 5.92 Å². The van der Waals surface area contributed by atoms with Crippen LogP contribution in [0, 0.1) is 5.92 Å². The van der Waals surface area contributed by atoms with Gasteiger partial charge in [0.2, 0.25) is 0 Å². The molecule has 1 aliphatic rings. The van der Waals surface area contributed by atoms with E-state index in [0.29, 0.717) is 6.42 Å². The molecule has 5 nitrogen and oxygen atoms in total. The topological polar surface area (TPSA) is 72.8 Å². The van der Waals surface area contributed by atoms with Crippen LogP contribution in [0.5, 0.6) is 0 Å². The quantitative estimate of drug-likeness (QED) is 0.407. The van der Waals surface area contributed by atoms with Gasteiger partial charge in [-0.2, -0.15) is 0 Å². The summed E-state index contributed by atoms with van der Waals surface area (Å²) in [4.78, 5) is 22.8. The maximum absolute atomic E-state index is 11.4. The number of ether oxygens (including phenoxy) is 2. The first-order valence-corrected chi connectivity index (χ1v) is 4.63. The summed E-state index contributed by atoms with van der Waals surface area (Å²) in [5.41, 5.74) is -2.21. The zero-order chi connectivity index (χ0) is 11.5. The van der Waals surface area contributed by atoms with Gasteiger partial charge in [-0.15, -0.1) is 0 Å². The van der Waals surface area contributed by atoms with Crippen LogP contribution in [0.25, 0.3) is 0 Å². The number of carbonyl (C=O) groups is 2. The summed E-state index contributed by atoms with van der Waals surface area (Å²) in [6, 6.07) is 0. The fourth-order valence-corrected chi connectivity index (χ4v) is 1.68. The molecule has 0 saturated carbocycles. The minimum atomic E-state index is -2.21. The molecule has 1 aliphatic carbocycles. The largest absolute Gasteiger partial charge is 0.466 e. The van der Waals surface area contributed by atoms with E-state index in [0.717, 1.165) is 20.6 Å². The predicted octanol–water partition coefficient (Wildman–Crippen LogP) is 0.0297. The van der Waals surface area contributed by atoms with Gasteiger partial charge in [-0.3, -0.25) is 0 Å². The van der Waals surface area contributed by atoms with Crippen molar-refractivity contribution in [3.63, 3.8) is 0 Å². The van der Waals surface area contributed by atoms with Gasteiger partial charge in [-0.25, -0.2) is 9.59 Å². The standard InChI is InChI=1S/C10H14O5/c1-14-8(11)10(13,9(12)15-2)7-5-3-4-6-7/h3,5,7,13H,4,6H2,1-2H3. The van der Waals surface area contributed by atoms with Crippen molar-refractivity contribution in [1.29, 1.82) is 0 Å². The molecular formula is C10H14O5. The fourth-order valence-electron chi connectivity index (χ4n) is 1.68. The van der Waals surface area contributed by atoms with Gasteiger partial charge in [0.25, 0.3) is 5.60 Å². The Labute approximate surface area is 87.7 Å². The highest BCUT2D eigenvalue weighted by Gasteiger charge is 2.52. The SMILES string of the molecule is COC(=O)C(O)(C(=O)OC)C1C=CCC1. The van der Waals surface area contributed by atoms with E-state index in [-0.39, 0.29) is 0 Å². The smallest absolute Gasteiger partial charge is 0.350 e. The Balaban J connectivity index is 2.99. The summed E-state index contributed by atoms with van der Waals surface area (Å²) < 4.78 is 8.85. The van der Waals surface area contributed by atoms with Crippen molar-refractivity contribution in [1.82, 2.24) is 0 Å². The molecule has 84 valence electrons. The van der Waals surface area contributed by atoms with E-state index in [9.17, 15) is 14.7 Å². The van der Waals surface area contributed by atoms with Crippen molar-refractivity contribution < 1.29 is 24.2 Å². The minimum Gasteiger partial charge on any atom is -0.466 e. The van der Waals surface area contributed by atoms with E-state index < -0.39 is 23.5 Å². The molecule has 1 atom stereocenters. The van der Waals surface area contributed by atoms with Crippen LogP contribution in [0.3, 0.4) is 0 Å². The Bertz CT molecular complexity index is 278. The van der Waals surface area contributed by atoms with Gasteiger partial charge in [0.05, 0.1) is 14.2 Å². The highest BCUT2D eigenvalue weighted by atomic mass is 16.6. The highest BCUT2D eigenvalue weighted by Crippen LogP contribution is 2.30. The van der Waals surface area contributed by atoms with E-state index in [2.05, 4.69) is 9.47 Å². The summed E-state index contributed by atoms with van der Waals surface area (Å²) >= 11 is 0. The Morgan fingerprint density at radius 2 is 1.87 bits per heavy atom. The fraction of sp³-hybridized carbons (Fsp3) is 0.600. The van der Waals surface area contributed by atoms with Crippen molar-refractivity contribution in [3.8, 4) is 0 Å². The van der Waals surface area contributed by atoms with Crippen molar-refractivity contribution in [3.05, 3.63) is 12.2 Å². The van der Waals surface area contributed by atoms with Crippen LogP contribution in [0.2, 0.25) is 0 Å². The maximum Gasteiger partial charge on any atom is 0.350 e. The van der Waals surface area contributed by atoms with Gasteiger partial charge >= 0.3 is 11.9 Å². The monoisotopic (exact) mass is 214 g/mol. The Morgan fingerprint density at radius 3 is 2.20 bits per heavy atom. The normalized spacial score (nSPS) is 20.1. The first kappa shape index (κ1) is 11.7. The minimum absolute atomic E-state index is 0.528. The van der Waals surface area contributed by atoms with Crippen LogP contribution in [0.15, 0.2) is 12.2 Å². The number of methoxy groups -OCH3 is 2. The summed E-state index contributed by atoms with van der Waals surface area (Å²) in [7, 11) is 2.24. The van der Waals surface area contributed by atoms with Gasteiger partial charge in [0.15, 0.2) is 0 Å². The molecule has 0 saturated heterocycles. The molecule has 0 aromatic heterocycles. The molecule has 1 N–H and O–H groups in total. The average Bonchev–Trinajstić information content (AvgIpc) is 2.79. The molecule has 0 amide bonds. The molecule has 0 heterocycles. The molecule has 0 radical (unpaired) electrons. The second-order valence-electron chi connectivity index (χ2n) is 3.36. The van der Waals surface area contributed by atoms with Crippen molar-refractivity contribution in [2.75, 3.05) is 14.2 Å². The summed E-state index contributed by atoms with van der Waals surface area (Å²) in [6.07, 6.45) is 4.69.